The molecule has 0 bridgehead atoms. The van der Waals surface area contributed by atoms with Gasteiger partial charge in [-0.05, 0) is 25.0 Å². The molecule has 5 heteroatoms. The number of benzene rings is 1. The SMILES string of the molecule is COC(=O)[C@H]1CC[C@H](c2c(F)cccc2F)N1. The van der Waals surface area contributed by atoms with Gasteiger partial charge in [0, 0.05) is 11.6 Å². The molecule has 0 saturated carbocycles. The highest BCUT2D eigenvalue weighted by atomic mass is 19.1. The van der Waals surface area contributed by atoms with Crippen LogP contribution in [0.15, 0.2) is 18.2 Å². The first kappa shape index (κ1) is 12.0. The van der Waals surface area contributed by atoms with Crippen LogP contribution in [0.25, 0.3) is 0 Å². The van der Waals surface area contributed by atoms with Crippen LogP contribution in [-0.4, -0.2) is 19.1 Å². The second kappa shape index (κ2) is 4.79. The van der Waals surface area contributed by atoms with Crippen molar-refractivity contribution in [3.8, 4) is 0 Å². The van der Waals surface area contributed by atoms with E-state index in [1.165, 1.54) is 25.3 Å². The minimum atomic E-state index is -0.590. The maximum absolute atomic E-state index is 13.5. The summed E-state index contributed by atoms with van der Waals surface area (Å²) in [6.45, 7) is 0. The van der Waals surface area contributed by atoms with E-state index in [0.717, 1.165) is 0 Å². The predicted octanol–water partition coefficient (Wildman–Crippen LogP) is 1.93. The molecule has 1 fully saturated rings. The second-order valence-corrected chi connectivity index (χ2v) is 4.01. The Bertz CT molecular complexity index is 416. The summed E-state index contributed by atoms with van der Waals surface area (Å²) in [5.41, 5.74) is -0.00102. The van der Waals surface area contributed by atoms with Crippen LogP contribution >= 0.6 is 0 Å². The van der Waals surface area contributed by atoms with Crippen LogP contribution in [-0.2, 0) is 9.53 Å². The van der Waals surface area contributed by atoms with Gasteiger partial charge >= 0.3 is 5.97 Å². The number of rotatable bonds is 2. The van der Waals surface area contributed by atoms with E-state index in [1.807, 2.05) is 0 Å². The van der Waals surface area contributed by atoms with Crippen molar-refractivity contribution in [1.29, 1.82) is 0 Å². The van der Waals surface area contributed by atoms with Crippen molar-refractivity contribution in [2.24, 2.45) is 0 Å². The fourth-order valence-electron chi connectivity index (χ4n) is 2.14. The Morgan fingerprint density at radius 1 is 1.35 bits per heavy atom. The largest absolute Gasteiger partial charge is 0.468 e. The Morgan fingerprint density at radius 2 is 2.00 bits per heavy atom. The standard InChI is InChI=1S/C12H13F2NO2/c1-17-12(16)10-6-5-9(15-10)11-7(13)3-2-4-8(11)14/h2-4,9-10,15H,5-6H2,1H3/t9-,10-/m1/s1. The maximum atomic E-state index is 13.5. The van der Waals surface area contributed by atoms with Crippen LogP contribution in [0.1, 0.15) is 24.4 Å². The molecule has 1 saturated heterocycles. The number of halogens is 2. The first-order valence-corrected chi connectivity index (χ1v) is 5.41. The zero-order valence-corrected chi connectivity index (χ0v) is 9.37. The number of carbonyl (C=O) groups is 1. The third kappa shape index (κ3) is 2.29. The highest BCUT2D eigenvalue weighted by Crippen LogP contribution is 2.30. The average molecular weight is 241 g/mol. The molecule has 0 radical (unpaired) electrons. The number of methoxy groups -OCH3 is 1. The van der Waals surface area contributed by atoms with Crippen molar-refractivity contribution in [2.45, 2.75) is 24.9 Å². The number of hydrogen-bond donors (Lipinski definition) is 1. The monoisotopic (exact) mass is 241 g/mol. The van der Waals surface area contributed by atoms with Gasteiger partial charge in [-0.3, -0.25) is 10.1 Å². The second-order valence-electron chi connectivity index (χ2n) is 4.01. The van der Waals surface area contributed by atoms with Gasteiger partial charge in [0.05, 0.1) is 7.11 Å². The molecule has 0 amide bonds. The predicted molar refractivity (Wildman–Crippen MR) is 57.3 cm³/mol. The van der Waals surface area contributed by atoms with E-state index in [4.69, 9.17) is 0 Å². The molecule has 0 aromatic heterocycles. The lowest BCUT2D eigenvalue weighted by atomic mass is 10.0. The number of hydrogen-bond acceptors (Lipinski definition) is 3. The van der Waals surface area contributed by atoms with E-state index in [2.05, 4.69) is 10.1 Å². The molecule has 1 aliphatic rings. The minimum Gasteiger partial charge on any atom is -0.468 e. The molecule has 1 N–H and O–H groups in total. The molecule has 0 aliphatic carbocycles. The summed E-state index contributed by atoms with van der Waals surface area (Å²) in [5.74, 6) is -1.58. The molecule has 0 unspecified atom stereocenters. The fraction of sp³-hybridized carbons (Fsp3) is 0.417. The summed E-state index contributed by atoms with van der Waals surface area (Å²) in [5, 5.41) is 2.89. The maximum Gasteiger partial charge on any atom is 0.322 e. The molecule has 1 aromatic rings. The average Bonchev–Trinajstić information content (AvgIpc) is 2.77. The lowest BCUT2D eigenvalue weighted by molar-refractivity contribution is -0.142. The molecule has 0 spiro atoms. The zero-order chi connectivity index (χ0) is 12.4. The van der Waals surface area contributed by atoms with E-state index in [1.54, 1.807) is 0 Å². The third-order valence-corrected chi connectivity index (χ3v) is 2.98. The number of carbonyl (C=O) groups excluding carboxylic acids is 1. The van der Waals surface area contributed by atoms with Crippen LogP contribution in [0, 0.1) is 11.6 Å². The first-order chi connectivity index (χ1) is 8.13. The van der Waals surface area contributed by atoms with Gasteiger partial charge in [0.2, 0.25) is 0 Å². The Labute approximate surface area is 97.8 Å². The number of ether oxygens (including phenoxy) is 1. The smallest absolute Gasteiger partial charge is 0.322 e. The van der Waals surface area contributed by atoms with Crippen molar-refractivity contribution >= 4 is 5.97 Å². The van der Waals surface area contributed by atoms with Gasteiger partial charge < -0.3 is 4.74 Å². The quantitative estimate of drug-likeness (QED) is 0.804. The van der Waals surface area contributed by atoms with Crippen molar-refractivity contribution in [3.63, 3.8) is 0 Å². The van der Waals surface area contributed by atoms with Crippen molar-refractivity contribution < 1.29 is 18.3 Å². The minimum absolute atomic E-state index is 0.00102. The Hall–Kier alpha value is -1.49. The molecule has 3 nitrogen and oxygen atoms in total. The Morgan fingerprint density at radius 3 is 2.59 bits per heavy atom. The molecule has 2 atom stereocenters. The normalized spacial score (nSPS) is 23.7. The van der Waals surface area contributed by atoms with Crippen LogP contribution < -0.4 is 5.32 Å². The summed E-state index contributed by atoms with van der Waals surface area (Å²) in [7, 11) is 1.29. The van der Waals surface area contributed by atoms with Crippen LogP contribution in [0.5, 0.6) is 0 Å². The zero-order valence-electron chi connectivity index (χ0n) is 9.37. The van der Waals surface area contributed by atoms with Gasteiger partial charge in [0.1, 0.15) is 17.7 Å². The summed E-state index contributed by atoms with van der Waals surface area (Å²) in [6, 6.07) is 2.79. The van der Waals surface area contributed by atoms with E-state index >= 15 is 0 Å². The van der Waals surface area contributed by atoms with E-state index in [-0.39, 0.29) is 5.56 Å². The summed E-state index contributed by atoms with van der Waals surface area (Å²) < 4.78 is 31.6. The summed E-state index contributed by atoms with van der Waals surface area (Å²) >= 11 is 0. The third-order valence-electron chi connectivity index (χ3n) is 2.98. The topological polar surface area (TPSA) is 38.3 Å². The van der Waals surface area contributed by atoms with Crippen molar-refractivity contribution in [3.05, 3.63) is 35.4 Å². The molecule has 92 valence electrons. The van der Waals surface area contributed by atoms with Gasteiger partial charge in [-0.25, -0.2) is 8.78 Å². The van der Waals surface area contributed by atoms with Gasteiger partial charge in [-0.2, -0.15) is 0 Å². The van der Waals surface area contributed by atoms with E-state index in [9.17, 15) is 13.6 Å². The van der Waals surface area contributed by atoms with Gasteiger partial charge in [0.15, 0.2) is 0 Å². The summed E-state index contributed by atoms with van der Waals surface area (Å²) in [4.78, 5) is 11.3. The fourth-order valence-corrected chi connectivity index (χ4v) is 2.14. The van der Waals surface area contributed by atoms with Crippen molar-refractivity contribution in [2.75, 3.05) is 7.11 Å². The van der Waals surface area contributed by atoms with Gasteiger partial charge in [0.25, 0.3) is 0 Å². The highest BCUT2D eigenvalue weighted by Gasteiger charge is 2.33. The molecule has 1 aromatic carbocycles. The van der Waals surface area contributed by atoms with Crippen molar-refractivity contribution in [1.82, 2.24) is 5.32 Å². The lowest BCUT2D eigenvalue weighted by Gasteiger charge is -2.14. The van der Waals surface area contributed by atoms with Gasteiger partial charge in [-0.1, -0.05) is 6.07 Å². The molecule has 1 aliphatic heterocycles. The molecule has 2 rings (SSSR count). The molecule has 1 heterocycles. The highest BCUT2D eigenvalue weighted by molar-refractivity contribution is 5.76. The van der Waals surface area contributed by atoms with Crippen LogP contribution in [0.4, 0.5) is 8.78 Å². The Kier molecular flexibility index (Phi) is 3.38. The van der Waals surface area contributed by atoms with E-state index in [0.29, 0.717) is 12.8 Å². The van der Waals surface area contributed by atoms with Gasteiger partial charge in [-0.15, -0.1) is 0 Å². The molecular formula is C12H13F2NO2. The lowest BCUT2D eigenvalue weighted by Crippen LogP contribution is -2.33. The summed E-state index contributed by atoms with van der Waals surface area (Å²) in [6.07, 6.45) is 1.03. The first-order valence-electron chi connectivity index (χ1n) is 5.41. The van der Waals surface area contributed by atoms with E-state index < -0.39 is 29.7 Å². The van der Waals surface area contributed by atoms with Crippen LogP contribution in [0.3, 0.4) is 0 Å². The number of nitrogens with one attached hydrogen (secondary N) is 1. The molecule has 17 heavy (non-hydrogen) atoms. The Balaban J connectivity index is 2.18. The number of esters is 1. The van der Waals surface area contributed by atoms with Crippen LogP contribution in [0.2, 0.25) is 0 Å². The molecular weight excluding hydrogens is 228 g/mol.